The highest BCUT2D eigenvalue weighted by Gasteiger charge is 2.38. The molecule has 0 saturated carbocycles. The lowest BCUT2D eigenvalue weighted by atomic mass is 10.2. The first-order valence-electron chi connectivity index (χ1n) is 16.7. The summed E-state index contributed by atoms with van der Waals surface area (Å²) >= 11 is 0. The molecule has 268 valence electrons. The Morgan fingerprint density at radius 1 is 0.558 bits per heavy atom. The molecule has 0 radical (unpaired) electrons. The maximum absolute atomic E-state index is 14.3. The van der Waals surface area contributed by atoms with E-state index in [2.05, 4.69) is 9.97 Å². The van der Waals surface area contributed by atoms with Crippen LogP contribution in [0.5, 0.6) is 17.2 Å². The largest absolute Gasteiger partial charge is 0.489 e. The molecular weight excluding hydrogens is 697 g/mol. The van der Waals surface area contributed by atoms with Crippen molar-refractivity contribution in [2.24, 2.45) is 0 Å². The molecular formula is C41H40N2O7S2. The predicted molar refractivity (Wildman–Crippen MR) is 200 cm³/mol. The SMILES string of the molecule is CCOC(C)Oc1ccc(S(OS(=O)(=O)c2ccc(C)cc2)(c2ccc(OCc3ccncc3)cc2)c2ccc(OCc3ccncc3)cc2)cc1. The third kappa shape index (κ3) is 8.99. The summed E-state index contributed by atoms with van der Waals surface area (Å²) in [5.41, 5.74) is 2.87. The Morgan fingerprint density at radius 2 is 0.962 bits per heavy atom. The molecule has 0 bridgehead atoms. The molecule has 0 N–H and O–H groups in total. The third-order valence-electron chi connectivity index (χ3n) is 7.98. The van der Waals surface area contributed by atoms with Crippen molar-refractivity contribution in [3.63, 3.8) is 0 Å². The van der Waals surface area contributed by atoms with E-state index in [0.29, 0.717) is 51.8 Å². The third-order valence-corrected chi connectivity index (χ3v) is 13.2. The molecule has 1 unspecified atom stereocenters. The van der Waals surface area contributed by atoms with Gasteiger partial charge in [-0.3, -0.25) is 9.97 Å². The topological polar surface area (TPSA) is 106 Å². The second-order valence-corrected chi connectivity index (χ2v) is 16.2. The van der Waals surface area contributed by atoms with Gasteiger partial charge >= 0.3 is 10.1 Å². The van der Waals surface area contributed by atoms with Crippen LogP contribution >= 0.6 is 10.3 Å². The molecule has 52 heavy (non-hydrogen) atoms. The van der Waals surface area contributed by atoms with Crippen molar-refractivity contribution in [2.75, 3.05) is 6.61 Å². The van der Waals surface area contributed by atoms with Crippen molar-refractivity contribution in [2.45, 2.75) is 59.9 Å². The summed E-state index contributed by atoms with van der Waals surface area (Å²) in [7, 11) is -7.29. The van der Waals surface area contributed by atoms with E-state index in [1.165, 1.54) is 0 Å². The number of hydrogen-bond acceptors (Lipinski definition) is 9. The van der Waals surface area contributed by atoms with Gasteiger partial charge in [-0.15, -0.1) is 0 Å². The van der Waals surface area contributed by atoms with Gasteiger partial charge in [0.1, 0.15) is 30.5 Å². The van der Waals surface area contributed by atoms with Crippen LogP contribution in [-0.2, 0) is 31.7 Å². The van der Waals surface area contributed by atoms with E-state index < -0.39 is 26.7 Å². The van der Waals surface area contributed by atoms with Crippen LogP contribution in [0.2, 0.25) is 0 Å². The van der Waals surface area contributed by atoms with Crippen molar-refractivity contribution in [3.8, 4) is 17.2 Å². The van der Waals surface area contributed by atoms with E-state index in [1.54, 1.807) is 61.2 Å². The van der Waals surface area contributed by atoms with Crippen molar-refractivity contribution in [3.05, 3.63) is 163 Å². The maximum Gasteiger partial charge on any atom is 0.307 e. The first-order valence-corrected chi connectivity index (χ1v) is 19.7. The number of aromatic nitrogens is 2. The second-order valence-electron chi connectivity index (χ2n) is 11.7. The summed E-state index contributed by atoms with van der Waals surface area (Å²) in [6, 6.07) is 36.2. The summed E-state index contributed by atoms with van der Waals surface area (Å²) in [5, 5.41) is 0. The maximum atomic E-state index is 14.3. The van der Waals surface area contributed by atoms with Crippen LogP contribution in [0.1, 0.15) is 30.5 Å². The van der Waals surface area contributed by atoms with Crippen LogP contribution in [0.15, 0.2) is 166 Å². The lowest BCUT2D eigenvalue weighted by molar-refractivity contribution is -0.0613. The van der Waals surface area contributed by atoms with E-state index in [9.17, 15) is 8.42 Å². The zero-order valence-electron chi connectivity index (χ0n) is 29.1. The first-order chi connectivity index (χ1) is 25.2. The minimum Gasteiger partial charge on any atom is -0.489 e. The summed E-state index contributed by atoms with van der Waals surface area (Å²) in [6.45, 7) is 6.82. The molecule has 0 amide bonds. The molecule has 11 heteroatoms. The van der Waals surface area contributed by atoms with Gasteiger partial charge in [-0.1, -0.05) is 17.7 Å². The minimum absolute atomic E-state index is 0.0510. The molecule has 2 heterocycles. The monoisotopic (exact) mass is 736 g/mol. The van der Waals surface area contributed by atoms with E-state index in [-0.39, 0.29) is 4.90 Å². The van der Waals surface area contributed by atoms with Crippen LogP contribution in [-0.4, -0.2) is 31.3 Å². The molecule has 0 fully saturated rings. The highest BCUT2D eigenvalue weighted by atomic mass is 32.3. The van der Waals surface area contributed by atoms with Gasteiger partial charge in [-0.2, -0.15) is 8.42 Å². The number of hydrogen-bond donors (Lipinski definition) is 0. The number of rotatable bonds is 16. The van der Waals surface area contributed by atoms with Gasteiger partial charge in [0.2, 0.25) is 0 Å². The van der Waals surface area contributed by atoms with Crippen LogP contribution in [0.4, 0.5) is 0 Å². The van der Waals surface area contributed by atoms with Crippen molar-refractivity contribution >= 4 is 20.4 Å². The fourth-order valence-corrected chi connectivity index (χ4v) is 10.5. The normalized spacial score (nSPS) is 12.5. The van der Waals surface area contributed by atoms with E-state index in [4.69, 9.17) is 22.6 Å². The number of benzene rings is 4. The lowest BCUT2D eigenvalue weighted by Crippen LogP contribution is -2.16. The van der Waals surface area contributed by atoms with E-state index in [1.807, 2.05) is 106 Å². The molecule has 4 aromatic carbocycles. The molecule has 9 nitrogen and oxygen atoms in total. The Kier molecular flexibility index (Phi) is 11.9. The summed E-state index contributed by atoms with van der Waals surface area (Å²) in [4.78, 5) is 10.1. The highest BCUT2D eigenvalue weighted by Crippen LogP contribution is 2.70. The Balaban J connectivity index is 1.44. The summed E-state index contributed by atoms with van der Waals surface area (Å²) < 4.78 is 58.9. The summed E-state index contributed by atoms with van der Waals surface area (Å²) in [6.07, 6.45) is 6.40. The Morgan fingerprint density at radius 3 is 1.38 bits per heavy atom. The molecule has 0 aliphatic carbocycles. The fraction of sp³-hybridized carbons (Fsp3) is 0.171. The van der Waals surface area contributed by atoms with Gasteiger partial charge < -0.3 is 18.9 Å². The van der Waals surface area contributed by atoms with Crippen LogP contribution in [0.25, 0.3) is 0 Å². The highest BCUT2D eigenvalue weighted by molar-refractivity contribution is 8.33. The molecule has 0 aliphatic heterocycles. The first kappa shape index (κ1) is 36.6. The average Bonchev–Trinajstić information content (AvgIpc) is 3.17. The lowest BCUT2D eigenvalue weighted by Gasteiger charge is -2.39. The van der Waals surface area contributed by atoms with E-state index in [0.717, 1.165) is 16.7 Å². The smallest absolute Gasteiger partial charge is 0.307 e. The standard InChI is InChI=1S/C41H40N2O7S2/c1-4-46-32(3)49-37-11-19-40(20-12-37)51(50-52(44,45)41-13-5-31(2)6-14-41,38-15-7-35(8-16-38)47-29-33-21-25-42-26-22-33)39-17-9-36(10-18-39)48-30-34-23-27-43-28-24-34/h5-28,32H,4,29-30H2,1-3H3. The van der Waals surface area contributed by atoms with E-state index >= 15 is 0 Å². The zero-order chi connectivity index (χ0) is 36.4. The number of pyridine rings is 2. The Labute approximate surface area is 306 Å². The van der Waals surface area contributed by atoms with Crippen LogP contribution < -0.4 is 14.2 Å². The van der Waals surface area contributed by atoms with Crippen molar-refractivity contribution in [1.82, 2.24) is 9.97 Å². The zero-order valence-corrected chi connectivity index (χ0v) is 30.8. The number of ether oxygens (including phenoxy) is 4. The predicted octanol–water partition coefficient (Wildman–Crippen LogP) is 9.31. The van der Waals surface area contributed by atoms with Crippen molar-refractivity contribution in [1.29, 1.82) is 0 Å². The molecule has 0 saturated heterocycles. The van der Waals surface area contributed by atoms with Gasteiger partial charge in [0.25, 0.3) is 0 Å². The molecule has 6 rings (SSSR count). The molecule has 2 aromatic heterocycles. The van der Waals surface area contributed by atoms with Crippen LogP contribution in [0.3, 0.4) is 0 Å². The second kappa shape index (κ2) is 16.9. The fourth-order valence-electron chi connectivity index (χ4n) is 5.32. The number of aryl methyl sites for hydroxylation is 1. The Hall–Kier alpha value is -5.20. The molecule has 0 aliphatic rings. The van der Waals surface area contributed by atoms with Crippen molar-refractivity contribution < 1.29 is 31.0 Å². The van der Waals surface area contributed by atoms with Crippen LogP contribution in [0, 0.1) is 6.92 Å². The summed E-state index contributed by atoms with van der Waals surface area (Å²) in [5.74, 6) is 1.80. The molecule has 1 atom stereocenters. The quantitative estimate of drug-likeness (QED) is 0.0899. The average molecular weight is 737 g/mol. The minimum atomic E-state index is -4.32. The van der Waals surface area contributed by atoms with Gasteiger partial charge in [-0.05, 0) is 151 Å². The number of nitrogens with zero attached hydrogens (tertiary/aromatic N) is 2. The molecule has 0 spiro atoms. The van der Waals surface area contributed by atoms with Gasteiger partial charge in [-0.25, -0.2) is 3.63 Å². The van der Waals surface area contributed by atoms with Gasteiger partial charge in [0, 0.05) is 46.1 Å². The Bertz CT molecular complexity index is 2030. The van der Waals surface area contributed by atoms with Gasteiger partial charge in [0.05, 0.1) is 4.90 Å². The van der Waals surface area contributed by atoms with Gasteiger partial charge in [0.15, 0.2) is 6.29 Å². The molecule has 6 aromatic rings.